The molecule has 2 heteroatoms. The highest BCUT2D eigenvalue weighted by molar-refractivity contribution is 4.86. The van der Waals surface area contributed by atoms with Crippen LogP contribution < -0.4 is 5.73 Å². The van der Waals surface area contributed by atoms with Gasteiger partial charge in [-0.1, -0.05) is 13.8 Å². The van der Waals surface area contributed by atoms with Crippen molar-refractivity contribution in [1.82, 2.24) is 4.90 Å². The van der Waals surface area contributed by atoms with Gasteiger partial charge in [-0.25, -0.2) is 0 Å². The molecule has 0 aromatic rings. The molecule has 0 amide bonds. The van der Waals surface area contributed by atoms with E-state index in [0.717, 1.165) is 18.5 Å². The topological polar surface area (TPSA) is 29.3 Å². The van der Waals surface area contributed by atoms with E-state index in [4.69, 9.17) is 5.73 Å². The van der Waals surface area contributed by atoms with Crippen molar-refractivity contribution in [1.29, 1.82) is 0 Å². The highest BCUT2D eigenvalue weighted by Gasteiger charge is 2.28. The van der Waals surface area contributed by atoms with Gasteiger partial charge in [0.05, 0.1) is 0 Å². The van der Waals surface area contributed by atoms with Crippen LogP contribution in [0.3, 0.4) is 0 Å². The first kappa shape index (κ1) is 8.02. The molecule has 0 aromatic heterocycles. The van der Waals surface area contributed by atoms with Crippen LogP contribution in [0.2, 0.25) is 0 Å². The Morgan fingerprint density at radius 1 is 1.50 bits per heavy atom. The molecule has 1 heterocycles. The van der Waals surface area contributed by atoms with Crippen LogP contribution in [-0.2, 0) is 0 Å². The zero-order valence-corrected chi connectivity index (χ0v) is 7.17. The zero-order chi connectivity index (χ0) is 7.72. The van der Waals surface area contributed by atoms with Crippen molar-refractivity contribution in [3.8, 4) is 0 Å². The molecule has 0 radical (unpaired) electrons. The van der Waals surface area contributed by atoms with Gasteiger partial charge in [0.1, 0.15) is 0 Å². The van der Waals surface area contributed by atoms with Gasteiger partial charge in [-0.05, 0) is 19.4 Å². The van der Waals surface area contributed by atoms with Gasteiger partial charge in [-0.2, -0.15) is 0 Å². The molecule has 1 saturated heterocycles. The van der Waals surface area contributed by atoms with E-state index in [0.29, 0.717) is 6.04 Å². The Bertz CT molecular complexity index is 112. The third-order valence-corrected chi connectivity index (χ3v) is 2.40. The van der Waals surface area contributed by atoms with E-state index in [1.165, 1.54) is 6.42 Å². The number of hydrogen-bond donors (Lipinski definition) is 1. The Morgan fingerprint density at radius 3 is 2.30 bits per heavy atom. The van der Waals surface area contributed by atoms with Gasteiger partial charge in [0, 0.05) is 18.6 Å². The van der Waals surface area contributed by atoms with Crippen LogP contribution in [0.5, 0.6) is 0 Å². The normalized spacial score (nSPS) is 35.7. The molecule has 10 heavy (non-hydrogen) atoms. The molecular weight excluding hydrogens is 124 g/mol. The van der Waals surface area contributed by atoms with Gasteiger partial charge in [0.25, 0.3) is 0 Å². The predicted molar refractivity (Wildman–Crippen MR) is 43.8 cm³/mol. The lowest BCUT2D eigenvalue weighted by Gasteiger charge is -2.22. The Kier molecular flexibility index (Phi) is 2.32. The SMILES string of the molecule is CC(C)[C@@H]1CC(N)CN1C. The molecule has 1 aliphatic heterocycles. The number of rotatable bonds is 1. The van der Waals surface area contributed by atoms with Crippen molar-refractivity contribution in [2.45, 2.75) is 32.4 Å². The van der Waals surface area contributed by atoms with Crippen molar-refractivity contribution >= 4 is 0 Å². The number of likely N-dealkylation sites (tertiary alicyclic amines) is 1. The van der Waals surface area contributed by atoms with Crippen LogP contribution in [0, 0.1) is 5.92 Å². The van der Waals surface area contributed by atoms with Crippen LogP contribution in [0.25, 0.3) is 0 Å². The van der Waals surface area contributed by atoms with E-state index < -0.39 is 0 Å². The molecule has 0 saturated carbocycles. The second-order valence-corrected chi connectivity index (χ2v) is 3.75. The first-order valence-electron chi connectivity index (χ1n) is 4.07. The van der Waals surface area contributed by atoms with Crippen LogP contribution in [0.1, 0.15) is 20.3 Å². The molecular formula is C8H18N2. The lowest BCUT2D eigenvalue weighted by Crippen LogP contribution is -2.29. The summed E-state index contributed by atoms with van der Waals surface area (Å²) in [7, 11) is 2.16. The minimum Gasteiger partial charge on any atom is -0.326 e. The van der Waals surface area contributed by atoms with E-state index in [9.17, 15) is 0 Å². The summed E-state index contributed by atoms with van der Waals surface area (Å²) < 4.78 is 0. The van der Waals surface area contributed by atoms with Crippen molar-refractivity contribution < 1.29 is 0 Å². The largest absolute Gasteiger partial charge is 0.326 e. The summed E-state index contributed by atoms with van der Waals surface area (Å²) in [5, 5.41) is 0. The molecule has 2 nitrogen and oxygen atoms in total. The smallest absolute Gasteiger partial charge is 0.0182 e. The second-order valence-electron chi connectivity index (χ2n) is 3.75. The van der Waals surface area contributed by atoms with E-state index in [1.54, 1.807) is 0 Å². The summed E-state index contributed by atoms with van der Waals surface area (Å²) in [6, 6.07) is 1.13. The Hall–Kier alpha value is -0.0800. The first-order valence-corrected chi connectivity index (χ1v) is 4.07. The van der Waals surface area contributed by atoms with Gasteiger partial charge < -0.3 is 10.6 Å². The fourth-order valence-corrected chi connectivity index (χ4v) is 1.85. The maximum Gasteiger partial charge on any atom is 0.0182 e. The number of likely N-dealkylation sites (N-methyl/N-ethyl adjacent to an activating group) is 1. The highest BCUT2D eigenvalue weighted by Crippen LogP contribution is 2.20. The summed E-state index contributed by atoms with van der Waals surface area (Å²) in [6.07, 6.45) is 1.17. The fraction of sp³-hybridized carbons (Fsp3) is 1.00. The molecule has 1 unspecified atom stereocenters. The average Bonchev–Trinajstić information content (AvgIpc) is 2.10. The monoisotopic (exact) mass is 142 g/mol. The van der Waals surface area contributed by atoms with Crippen molar-refractivity contribution in [2.75, 3.05) is 13.6 Å². The lowest BCUT2D eigenvalue weighted by atomic mass is 10.0. The molecule has 1 aliphatic rings. The van der Waals surface area contributed by atoms with Gasteiger partial charge >= 0.3 is 0 Å². The molecule has 2 atom stereocenters. The quantitative estimate of drug-likeness (QED) is 0.583. The first-order chi connectivity index (χ1) is 4.61. The molecule has 0 bridgehead atoms. The molecule has 1 fully saturated rings. The third kappa shape index (κ3) is 1.50. The van der Waals surface area contributed by atoms with Gasteiger partial charge in [0.15, 0.2) is 0 Å². The Balaban J connectivity index is 2.46. The molecule has 2 N–H and O–H groups in total. The summed E-state index contributed by atoms with van der Waals surface area (Å²) >= 11 is 0. The van der Waals surface area contributed by atoms with Crippen molar-refractivity contribution in [3.63, 3.8) is 0 Å². The maximum atomic E-state index is 5.81. The molecule has 1 rings (SSSR count). The minimum absolute atomic E-state index is 0.414. The fourth-order valence-electron chi connectivity index (χ4n) is 1.85. The summed E-state index contributed by atoms with van der Waals surface area (Å²) in [5.41, 5.74) is 5.81. The van der Waals surface area contributed by atoms with E-state index >= 15 is 0 Å². The van der Waals surface area contributed by atoms with Gasteiger partial charge in [-0.15, -0.1) is 0 Å². The van der Waals surface area contributed by atoms with E-state index in [-0.39, 0.29) is 0 Å². The number of nitrogens with two attached hydrogens (primary N) is 1. The zero-order valence-electron chi connectivity index (χ0n) is 7.17. The number of hydrogen-bond acceptors (Lipinski definition) is 2. The molecule has 0 aromatic carbocycles. The van der Waals surface area contributed by atoms with Gasteiger partial charge in [-0.3, -0.25) is 0 Å². The van der Waals surface area contributed by atoms with Crippen LogP contribution in [0.4, 0.5) is 0 Å². The van der Waals surface area contributed by atoms with Crippen LogP contribution >= 0.6 is 0 Å². The minimum atomic E-state index is 0.414. The lowest BCUT2D eigenvalue weighted by molar-refractivity contribution is 0.250. The van der Waals surface area contributed by atoms with Crippen LogP contribution in [-0.4, -0.2) is 30.6 Å². The Morgan fingerprint density at radius 2 is 2.10 bits per heavy atom. The van der Waals surface area contributed by atoms with E-state index in [1.807, 2.05) is 0 Å². The van der Waals surface area contributed by atoms with E-state index in [2.05, 4.69) is 25.8 Å². The Labute approximate surface area is 63.4 Å². The predicted octanol–water partition coefficient (Wildman–Crippen LogP) is 0.674. The third-order valence-electron chi connectivity index (χ3n) is 2.40. The average molecular weight is 142 g/mol. The van der Waals surface area contributed by atoms with Gasteiger partial charge in [0.2, 0.25) is 0 Å². The molecule has 0 aliphatic carbocycles. The summed E-state index contributed by atoms with van der Waals surface area (Å²) in [5.74, 6) is 0.749. The maximum absolute atomic E-state index is 5.81. The highest BCUT2D eigenvalue weighted by atomic mass is 15.2. The molecule has 60 valence electrons. The summed E-state index contributed by atoms with van der Waals surface area (Å²) in [4.78, 5) is 2.37. The standard InChI is InChI=1S/C8H18N2/c1-6(2)8-4-7(9)5-10(8)3/h6-8H,4-5,9H2,1-3H3/t7?,8-/m0/s1. The van der Waals surface area contributed by atoms with Crippen molar-refractivity contribution in [3.05, 3.63) is 0 Å². The second kappa shape index (κ2) is 2.89. The number of nitrogens with zero attached hydrogens (tertiary/aromatic N) is 1. The molecule has 0 spiro atoms. The van der Waals surface area contributed by atoms with Crippen molar-refractivity contribution in [2.24, 2.45) is 11.7 Å². The van der Waals surface area contributed by atoms with Crippen LogP contribution in [0.15, 0.2) is 0 Å². The summed E-state index contributed by atoms with van der Waals surface area (Å²) in [6.45, 7) is 5.60.